The largest absolute Gasteiger partial charge is 0.449 e. The summed E-state index contributed by atoms with van der Waals surface area (Å²) in [5.74, 6) is 0.114. The number of anilines is 2. The van der Waals surface area contributed by atoms with Crippen LogP contribution < -0.4 is 10.6 Å². The molecule has 0 saturated carbocycles. The molecule has 0 fully saturated rings. The minimum Gasteiger partial charge on any atom is -0.449 e. The fourth-order valence-corrected chi connectivity index (χ4v) is 3.55. The molecule has 168 valence electrons. The van der Waals surface area contributed by atoms with Crippen molar-refractivity contribution in [3.8, 4) is 0 Å². The molecule has 2 atom stereocenters. The summed E-state index contributed by atoms with van der Waals surface area (Å²) >= 11 is 1.18. The Morgan fingerprint density at radius 2 is 1.50 bits per heavy atom. The van der Waals surface area contributed by atoms with Gasteiger partial charge in [-0.25, -0.2) is 4.79 Å². The van der Waals surface area contributed by atoms with E-state index in [9.17, 15) is 14.4 Å². The van der Waals surface area contributed by atoms with Gasteiger partial charge in [0.15, 0.2) is 17.7 Å². The highest BCUT2D eigenvalue weighted by atomic mass is 32.2. The molecule has 0 unspecified atom stereocenters. The first-order chi connectivity index (χ1) is 15.2. The summed E-state index contributed by atoms with van der Waals surface area (Å²) in [6.45, 7) is 6.56. The summed E-state index contributed by atoms with van der Waals surface area (Å²) in [6, 6.07) is 9.84. The molecule has 0 aliphatic carbocycles. The Morgan fingerprint density at radius 1 is 0.938 bits per heavy atom. The maximum atomic E-state index is 12.7. The molecule has 32 heavy (non-hydrogen) atoms. The monoisotopic (exact) mass is 458 g/mol. The van der Waals surface area contributed by atoms with Crippen molar-refractivity contribution in [1.82, 2.24) is 10.3 Å². The molecule has 0 aliphatic heterocycles. The number of hydrogen-bond acceptors (Lipinski definition) is 9. The van der Waals surface area contributed by atoms with E-state index in [0.717, 1.165) is 0 Å². The lowest BCUT2D eigenvalue weighted by molar-refractivity contribution is -0.123. The van der Waals surface area contributed by atoms with E-state index in [2.05, 4.69) is 20.9 Å². The molecule has 3 aromatic rings. The van der Waals surface area contributed by atoms with Gasteiger partial charge in [0, 0.05) is 17.0 Å². The first-order valence-electron chi connectivity index (χ1n) is 9.68. The predicted octanol–water partition coefficient (Wildman–Crippen LogP) is 3.58. The van der Waals surface area contributed by atoms with Gasteiger partial charge in [0.1, 0.15) is 11.5 Å². The van der Waals surface area contributed by atoms with Crippen LogP contribution in [0.4, 0.5) is 11.6 Å². The fraction of sp³-hybridized carbons (Fsp3) is 0.286. The highest BCUT2D eigenvalue weighted by Gasteiger charge is 2.24. The van der Waals surface area contributed by atoms with Gasteiger partial charge in [0.25, 0.3) is 5.91 Å². The van der Waals surface area contributed by atoms with Gasteiger partial charge >= 0.3 is 5.97 Å². The lowest BCUT2D eigenvalue weighted by atomic mass is 10.2. The summed E-state index contributed by atoms with van der Waals surface area (Å²) in [4.78, 5) is 38.0. The molecular weight excluding hydrogens is 436 g/mol. The van der Waals surface area contributed by atoms with Gasteiger partial charge < -0.3 is 24.4 Å². The Balaban J connectivity index is 1.62. The molecule has 0 spiro atoms. The van der Waals surface area contributed by atoms with Crippen molar-refractivity contribution in [1.29, 1.82) is 0 Å². The molecule has 2 amide bonds. The number of aromatic nitrogens is 2. The predicted molar refractivity (Wildman–Crippen MR) is 116 cm³/mol. The Morgan fingerprint density at radius 3 is 2.06 bits per heavy atom. The van der Waals surface area contributed by atoms with Gasteiger partial charge in [-0.2, -0.15) is 0 Å². The van der Waals surface area contributed by atoms with Crippen molar-refractivity contribution in [3.05, 3.63) is 53.5 Å². The molecule has 0 saturated heterocycles. The van der Waals surface area contributed by atoms with Crippen LogP contribution >= 0.6 is 11.8 Å². The van der Waals surface area contributed by atoms with Crippen LogP contribution in [0.15, 0.2) is 50.3 Å². The number of carbonyl (C=O) groups excluding carboxylic acids is 3. The quantitative estimate of drug-likeness (QED) is 0.383. The van der Waals surface area contributed by atoms with Crippen LogP contribution in [-0.2, 0) is 14.3 Å². The van der Waals surface area contributed by atoms with E-state index >= 15 is 0 Å². The standard InChI is InChI=1S/C21H22N4O6S/c1-11-9-17(24-30-11)22-19(26)13(3)29-21(28)15-7-5-6-8-16(15)32-14(4)20(27)23-18-10-12(2)31-25-18/h5-10,13-14H,1-4H3,(H,22,24,26)(H,23,25,27)/t13-,14-/m0/s1. The molecule has 10 nitrogen and oxygen atoms in total. The van der Waals surface area contributed by atoms with Crippen molar-refractivity contribution in [3.63, 3.8) is 0 Å². The topological polar surface area (TPSA) is 137 Å². The summed E-state index contributed by atoms with van der Waals surface area (Å²) in [7, 11) is 0. The van der Waals surface area contributed by atoms with Crippen LogP contribution in [0.2, 0.25) is 0 Å². The number of rotatable bonds is 8. The minimum absolute atomic E-state index is 0.230. The van der Waals surface area contributed by atoms with Crippen LogP contribution in [-0.4, -0.2) is 39.5 Å². The van der Waals surface area contributed by atoms with Crippen molar-refractivity contribution in [2.45, 2.75) is 43.9 Å². The second-order valence-corrected chi connectivity index (χ2v) is 8.31. The smallest absolute Gasteiger partial charge is 0.340 e. The molecule has 2 aromatic heterocycles. The summed E-state index contributed by atoms with van der Waals surface area (Å²) in [5, 5.41) is 12.0. The van der Waals surface area contributed by atoms with Gasteiger partial charge in [-0.05, 0) is 39.8 Å². The number of amides is 2. The van der Waals surface area contributed by atoms with Gasteiger partial charge in [0.2, 0.25) is 5.91 Å². The third-order valence-corrected chi connectivity index (χ3v) is 5.37. The maximum absolute atomic E-state index is 12.7. The van der Waals surface area contributed by atoms with E-state index in [-0.39, 0.29) is 17.3 Å². The number of aryl methyl sites for hydroxylation is 2. The van der Waals surface area contributed by atoms with E-state index in [1.165, 1.54) is 18.7 Å². The Labute approximate surface area is 188 Å². The second kappa shape index (κ2) is 10.1. The van der Waals surface area contributed by atoms with E-state index < -0.39 is 23.2 Å². The lowest BCUT2D eigenvalue weighted by Crippen LogP contribution is -2.30. The minimum atomic E-state index is -1.08. The molecule has 3 rings (SSSR count). The van der Waals surface area contributed by atoms with Crippen molar-refractivity contribution >= 4 is 41.2 Å². The lowest BCUT2D eigenvalue weighted by Gasteiger charge is -2.16. The van der Waals surface area contributed by atoms with Gasteiger partial charge in [0.05, 0.1) is 10.8 Å². The Bertz CT molecular complexity index is 1120. The third kappa shape index (κ3) is 5.97. The van der Waals surface area contributed by atoms with Crippen LogP contribution in [0.25, 0.3) is 0 Å². The molecular formula is C21H22N4O6S. The van der Waals surface area contributed by atoms with Gasteiger partial charge in [-0.3, -0.25) is 9.59 Å². The maximum Gasteiger partial charge on any atom is 0.340 e. The highest BCUT2D eigenvalue weighted by molar-refractivity contribution is 8.00. The molecule has 0 radical (unpaired) electrons. The fourth-order valence-electron chi connectivity index (χ4n) is 2.57. The molecule has 1 aromatic carbocycles. The zero-order valence-corrected chi connectivity index (χ0v) is 18.7. The van der Waals surface area contributed by atoms with Crippen molar-refractivity contribution in [2.24, 2.45) is 0 Å². The van der Waals surface area contributed by atoms with Gasteiger partial charge in [-0.1, -0.05) is 22.4 Å². The number of hydrogen-bond donors (Lipinski definition) is 2. The molecule has 11 heteroatoms. The average Bonchev–Trinajstić information content (AvgIpc) is 3.35. The molecule has 2 N–H and O–H groups in total. The number of carbonyl (C=O) groups is 3. The number of nitrogens with one attached hydrogen (secondary N) is 2. The first kappa shape index (κ1) is 23.1. The summed E-state index contributed by atoms with van der Waals surface area (Å²) in [5.41, 5.74) is 0.242. The number of nitrogens with zero attached hydrogens (tertiary/aromatic N) is 2. The number of esters is 1. The number of benzene rings is 1. The number of thioether (sulfide) groups is 1. The van der Waals surface area contributed by atoms with Crippen LogP contribution in [0.1, 0.15) is 35.7 Å². The van der Waals surface area contributed by atoms with E-state index in [4.69, 9.17) is 13.8 Å². The average molecular weight is 458 g/mol. The summed E-state index contributed by atoms with van der Waals surface area (Å²) in [6.07, 6.45) is -1.08. The Hall–Kier alpha value is -3.60. The zero-order chi connectivity index (χ0) is 23.3. The normalized spacial score (nSPS) is 12.6. The molecule has 0 bridgehead atoms. The van der Waals surface area contributed by atoms with E-state index in [0.29, 0.717) is 22.2 Å². The molecule has 2 heterocycles. The number of ether oxygens (including phenoxy) is 1. The first-order valence-corrected chi connectivity index (χ1v) is 10.6. The van der Waals surface area contributed by atoms with E-state index in [1.54, 1.807) is 57.2 Å². The summed E-state index contributed by atoms with van der Waals surface area (Å²) < 4.78 is 15.1. The third-order valence-electron chi connectivity index (χ3n) is 4.19. The van der Waals surface area contributed by atoms with Crippen LogP contribution in [0, 0.1) is 13.8 Å². The molecule has 0 aliphatic rings. The second-order valence-electron chi connectivity index (χ2n) is 6.93. The highest BCUT2D eigenvalue weighted by Crippen LogP contribution is 2.28. The van der Waals surface area contributed by atoms with Crippen LogP contribution in [0.5, 0.6) is 0 Å². The van der Waals surface area contributed by atoms with Gasteiger partial charge in [-0.15, -0.1) is 11.8 Å². The van der Waals surface area contributed by atoms with E-state index in [1.807, 2.05) is 0 Å². The zero-order valence-electron chi connectivity index (χ0n) is 17.9. The van der Waals surface area contributed by atoms with Crippen LogP contribution in [0.3, 0.4) is 0 Å². The van der Waals surface area contributed by atoms with Crippen molar-refractivity contribution < 1.29 is 28.2 Å². The SMILES string of the molecule is Cc1cc(NC(=O)[C@H](C)OC(=O)c2ccccc2S[C@@H](C)C(=O)Nc2cc(C)on2)no1. The van der Waals surface area contributed by atoms with Crippen molar-refractivity contribution in [2.75, 3.05) is 10.6 Å². The Kier molecular flexibility index (Phi) is 7.31.